The van der Waals surface area contributed by atoms with Crippen LogP contribution in [-0.4, -0.2) is 39.0 Å². The molecule has 1 aliphatic heterocycles. The molecule has 4 rings (SSSR count). The number of pyridine rings is 1. The lowest BCUT2D eigenvalue weighted by Crippen LogP contribution is -2.37. The topological polar surface area (TPSA) is 53.9 Å². The van der Waals surface area contributed by atoms with Gasteiger partial charge in [0.05, 0.1) is 10.9 Å². The highest BCUT2D eigenvalue weighted by atomic mass is 35.5. The number of piperidine rings is 1. The molecule has 9 heteroatoms. The largest absolute Gasteiger partial charge is 0.365 e. The van der Waals surface area contributed by atoms with E-state index in [4.69, 9.17) is 11.6 Å². The first-order valence-corrected chi connectivity index (χ1v) is 11.5. The third kappa shape index (κ3) is 5.06. The monoisotopic (exact) mass is 477 g/mol. The van der Waals surface area contributed by atoms with Crippen LogP contribution in [0.3, 0.4) is 0 Å². The van der Waals surface area contributed by atoms with Crippen molar-refractivity contribution in [2.45, 2.75) is 58.5 Å². The van der Waals surface area contributed by atoms with E-state index in [1.807, 2.05) is 6.07 Å². The highest BCUT2D eigenvalue weighted by Crippen LogP contribution is 2.35. The van der Waals surface area contributed by atoms with E-state index in [2.05, 4.69) is 39.0 Å². The molecule has 0 unspecified atom stereocenters. The number of rotatable bonds is 6. The first-order chi connectivity index (χ1) is 15.7. The lowest BCUT2D eigenvalue weighted by molar-refractivity contribution is 0.146. The minimum absolute atomic E-state index is 0.00266. The first-order valence-electron chi connectivity index (χ1n) is 11.1. The van der Waals surface area contributed by atoms with Gasteiger partial charge in [0.2, 0.25) is 0 Å². The van der Waals surface area contributed by atoms with Crippen LogP contribution in [0.5, 0.6) is 0 Å². The van der Waals surface area contributed by atoms with Crippen LogP contribution in [-0.2, 0) is 6.54 Å². The Balaban J connectivity index is 1.64. The molecule has 5 nitrogen and oxygen atoms in total. The number of hydrogen-bond donors (Lipinski definition) is 1. The SMILES string of the molecule is Cc1nc(NCc2cccc(C(F)F)c2F)c2cc(C3CCN(C(C)C)CC3)c(Cl)nc2n1. The van der Waals surface area contributed by atoms with E-state index in [1.54, 1.807) is 6.92 Å². The number of likely N-dealkylation sites (tertiary alicyclic amines) is 1. The zero-order valence-corrected chi connectivity index (χ0v) is 19.6. The molecule has 1 fully saturated rings. The number of anilines is 1. The molecular formula is C24H27ClF3N5. The summed E-state index contributed by atoms with van der Waals surface area (Å²) >= 11 is 6.55. The van der Waals surface area contributed by atoms with Gasteiger partial charge < -0.3 is 10.2 Å². The molecule has 1 aromatic carbocycles. The van der Waals surface area contributed by atoms with Gasteiger partial charge in [-0.05, 0) is 64.3 Å². The number of hydrogen-bond acceptors (Lipinski definition) is 5. The quantitative estimate of drug-likeness (QED) is 0.424. The van der Waals surface area contributed by atoms with Gasteiger partial charge in [0, 0.05) is 18.2 Å². The van der Waals surface area contributed by atoms with E-state index in [1.165, 1.54) is 12.1 Å². The second kappa shape index (κ2) is 9.81. The minimum Gasteiger partial charge on any atom is -0.365 e. The molecule has 0 bridgehead atoms. The minimum atomic E-state index is -2.87. The molecule has 1 saturated heterocycles. The zero-order chi connectivity index (χ0) is 23.7. The van der Waals surface area contributed by atoms with Crippen LogP contribution in [0.4, 0.5) is 19.0 Å². The summed E-state index contributed by atoms with van der Waals surface area (Å²) in [5.41, 5.74) is 0.927. The van der Waals surface area contributed by atoms with Crippen LogP contribution in [0.25, 0.3) is 11.0 Å². The maximum atomic E-state index is 14.5. The maximum Gasteiger partial charge on any atom is 0.266 e. The number of nitrogens with zero attached hydrogens (tertiary/aromatic N) is 4. The van der Waals surface area contributed by atoms with Gasteiger partial charge in [-0.2, -0.15) is 0 Å². The average molecular weight is 478 g/mol. The third-order valence-electron chi connectivity index (χ3n) is 6.27. The Labute approximate surface area is 196 Å². The number of aryl methyl sites for hydroxylation is 1. The highest BCUT2D eigenvalue weighted by molar-refractivity contribution is 6.30. The summed E-state index contributed by atoms with van der Waals surface area (Å²) in [7, 11) is 0. The fourth-order valence-electron chi connectivity index (χ4n) is 4.39. The van der Waals surface area contributed by atoms with E-state index in [9.17, 15) is 13.2 Å². The number of fused-ring (bicyclic) bond motifs is 1. The normalized spacial score (nSPS) is 15.7. The Hall–Kier alpha value is -2.45. The molecule has 3 heterocycles. The molecule has 33 heavy (non-hydrogen) atoms. The number of aromatic nitrogens is 3. The van der Waals surface area contributed by atoms with Crippen molar-refractivity contribution >= 4 is 28.5 Å². The van der Waals surface area contributed by atoms with Crippen molar-refractivity contribution in [3.63, 3.8) is 0 Å². The Kier molecular flexibility index (Phi) is 7.05. The van der Waals surface area contributed by atoms with E-state index >= 15 is 0 Å². The summed E-state index contributed by atoms with van der Waals surface area (Å²) in [6, 6.07) is 6.47. The number of halogens is 4. The Bertz CT molecular complexity index is 1150. The predicted octanol–water partition coefficient (Wildman–Crippen LogP) is 6.26. The van der Waals surface area contributed by atoms with Crippen molar-refractivity contribution in [1.29, 1.82) is 0 Å². The van der Waals surface area contributed by atoms with Crippen molar-refractivity contribution in [3.05, 3.63) is 57.8 Å². The van der Waals surface area contributed by atoms with Gasteiger partial charge >= 0.3 is 0 Å². The number of alkyl halides is 2. The number of nitrogens with one attached hydrogen (secondary N) is 1. The van der Waals surface area contributed by atoms with Gasteiger partial charge in [-0.1, -0.05) is 29.8 Å². The van der Waals surface area contributed by atoms with Gasteiger partial charge in [0.15, 0.2) is 5.65 Å². The predicted molar refractivity (Wildman–Crippen MR) is 124 cm³/mol. The Morgan fingerprint density at radius 1 is 1.15 bits per heavy atom. The zero-order valence-electron chi connectivity index (χ0n) is 18.9. The molecule has 2 aromatic heterocycles. The molecule has 0 spiro atoms. The number of benzene rings is 1. The summed E-state index contributed by atoms with van der Waals surface area (Å²) in [4.78, 5) is 15.8. The molecule has 0 atom stereocenters. The fraction of sp³-hybridized carbons (Fsp3) is 0.458. The molecule has 1 N–H and O–H groups in total. The summed E-state index contributed by atoms with van der Waals surface area (Å²) in [6.45, 7) is 8.11. The van der Waals surface area contributed by atoms with Gasteiger partial charge in [-0.15, -0.1) is 0 Å². The van der Waals surface area contributed by atoms with Crippen LogP contribution in [0.2, 0.25) is 5.15 Å². The van der Waals surface area contributed by atoms with Crippen molar-refractivity contribution in [2.24, 2.45) is 0 Å². The molecular weight excluding hydrogens is 451 g/mol. The Morgan fingerprint density at radius 3 is 2.55 bits per heavy atom. The van der Waals surface area contributed by atoms with Crippen LogP contribution >= 0.6 is 11.6 Å². The van der Waals surface area contributed by atoms with Crippen molar-refractivity contribution in [3.8, 4) is 0 Å². The standard InChI is InChI=1S/C24H27ClF3N5/c1-13(2)33-9-7-15(8-10-33)18-11-19-23(30-14(3)31-24(19)32-21(18)25)29-12-16-5-4-6-17(20(16)26)22(27)28/h4-6,11,13,15,22H,7-10,12H2,1-3H3,(H,29,30,31,32). The van der Waals surface area contributed by atoms with Gasteiger partial charge in [-0.25, -0.2) is 28.1 Å². The highest BCUT2D eigenvalue weighted by Gasteiger charge is 2.25. The first kappa shape index (κ1) is 23.7. The van der Waals surface area contributed by atoms with E-state index in [0.717, 1.165) is 37.6 Å². The van der Waals surface area contributed by atoms with Crippen LogP contribution in [0.1, 0.15) is 61.5 Å². The van der Waals surface area contributed by atoms with Crippen molar-refractivity contribution < 1.29 is 13.2 Å². The molecule has 0 amide bonds. The second-order valence-electron chi connectivity index (χ2n) is 8.74. The van der Waals surface area contributed by atoms with Crippen molar-refractivity contribution in [1.82, 2.24) is 19.9 Å². The lowest BCUT2D eigenvalue weighted by Gasteiger charge is -2.35. The smallest absolute Gasteiger partial charge is 0.266 e. The van der Waals surface area contributed by atoms with Crippen LogP contribution < -0.4 is 5.32 Å². The summed E-state index contributed by atoms with van der Waals surface area (Å²) in [5.74, 6) is 0.324. The van der Waals surface area contributed by atoms with Crippen LogP contribution in [0.15, 0.2) is 24.3 Å². The lowest BCUT2D eigenvalue weighted by atomic mass is 9.89. The molecule has 176 valence electrons. The van der Waals surface area contributed by atoms with Crippen LogP contribution in [0, 0.1) is 12.7 Å². The second-order valence-corrected chi connectivity index (χ2v) is 9.10. The summed E-state index contributed by atoms with van der Waals surface area (Å²) in [5, 5.41) is 4.21. The van der Waals surface area contributed by atoms with Gasteiger partial charge in [0.1, 0.15) is 22.6 Å². The molecule has 0 radical (unpaired) electrons. The van der Waals surface area contributed by atoms with E-state index in [-0.39, 0.29) is 18.0 Å². The average Bonchev–Trinajstić information content (AvgIpc) is 2.77. The molecule has 3 aromatic rings. The van der Waals surface area contributed by atoms with E-state index < -0.39 is 17.8 Å². The van der Waals surface area contributed by atoms with Gasteiger partial charge in [0.25, 0.3) is 6.43 Å². The van der Waals surface area contributed by atoms with Gasteiger partial charge in [-0.3, -0.25) is 0 Å². The molecule has 0 aliphatic carbocycles. The molecule has 1 aliphatic rings. The Morgan fingerprint density at radius 2 is 1.88 bits per heavy atom. The molecule has 0 saturated carbocycles. The van der Waals surface area contributed by atoms with Crippen molar-refractivity contribution in [2.75, 3.05) is 18.4 Å². The third-order valence-corrected chi connectivity index (χ3v) is 6.57. The van der Waals surface area contributed by atoms with E-state index in [0.29, 0.717) is 33.9 Å². The maximum absolute atomic E-state index is 14.5. The summed E-state index contributed by atoms with van der Waals surface area (Å²) in [6.07, 6.45) is -0.915. The fourth-order valence-corrected chi connectivity index (χ4v) is 4.68. The summed E-state index contributed by atoms with van der Waals surface area (Å²) < 4.78 is 40.6.